The molecule has 0 unspecified atom stereocenters. The second-order valence-electron chi connectivity index (χ2n) is 5.21. The minimum Gasteiger partial charge on any atom is -0.240 e. The maximum absolute atomic E-state index is 4.77. The van der Waals surface area contributed by atoms with Crippen molar-refractivity contribution in [3.05, 3.63) is 72.7 Å². The summed E-state index contributed by atoms with van der Waals surface area (Å²) in [5.74, 6) is 0. The molecule has 1 aromatic carbocycles. The van der Waals surface area contributed by atoms with Crippen LogP contribution in [0.25, 0.3) is 27.9 Å². The summed E-state index contributed by atoms with van der Waals surface area (Å²) in [5, 5.41) is 12.8. The average molecular weight is 286 g/mol. The van der Waals surface area contributed by atoms with Crippen molar-refractivity contribution in [2.45, 2.75) is 6.92 Å². The molecule has 0 bridgehead atoms. The standard InChI is InChI=1S/C18H14N4/c1-13-11-19-20-12-15(13)17-16-9-5-6-10-22(16)21-18(17)14-7-3-2-4-8-14/h2-12H,1H3. The molecular weight excluding hydrogens is 272 g/mol. The maximum atomic E-state index is 4.77. The van der Waals surface area contributed by atoms with Crippen LogP contribution in [0.4, 0.5) is 0 Å². The zero-order chi connectivity index (χ0) is 14.9. The predicted molar refractivity (Wildman–Crippen MR) is 86.4 cm³/mol. The van der Waals surface area contributed by atoms with E-state index >= 15 is 0 Å². The lowest BCUT2D eigenvalue weighted by molar-refractivity contribution is 0.966. The smallest absolute Gasteiger partial charge is 0.101 e. The van der Waals surface area contributed by atoms with Gasteiger partial charge >= 0.3 is 0 Å². The Balaban J connectivity index is 2.10. The van der Waals surface area contributed by atoms with Crippen LogP contribution >= 0.6 is 0 Å². The van der Waals surface area contributed by atoms with E-state index < -0.39 is 0 Å². The monoisotopic (exact) mass is 286 g/mol. The Bertz CT molecular complexity index is 942. The third-order valence-corrected chi connectivity index (χ3v) is 3.79. The van der Waals surface area contributed by atoms with Gasteiger partial charge in [0.1, 0.15) is 5.69 Å². The highest BCUT2D eigenvalue weighted by Crippen LogP contribution is 2.35. The van der Waals surface area contributed by atoms with Crippen molar-refractivity contribution in [2.24, 2.45) is 0 Å². The molecule has 0 aliphatic heterocycles. The van der Waals surface area contributed by atoms with E-state index in [1.54, 1.807) is 6.20 Å². The lowest BCUT2D eigenvalue weighted by Crippen LogP contribution is -1.89. The van der Waals surface area contributed by atoms with Crippen LogP contribution in [-0.2, 0) is 0 Å². The van der Waals surface area contributed by atoms with Crippen LogP contribution in [0.15, 0.2) is 67.1 Å². The molecule has 106 valence electrons. The number of benzene rings is 1. The molecule has 3 aromatic heterocycles. The summed E-state index contributed by atoms with van der Waals surface area (Å²) in [5.41, 5.74) is 6.37. The lowest BCUT2D eigenvalue weighted by atomic mass is 9.99. The minimum absolute atomic E-state index is 0.961. The highest BCUT2D eigenvalue weighted by atomic mass is 15.2. The molecule has 0 amide bonds. The van der Waals surface area contributed by atoms with Gasteiger partial charge in [-0.15, -0.1) is 0 Å². The van der Waals surface area contributed by atoms with E-state index in [0.717, 1.165) is 33.5 Å². The van der Waals surface area contributed by atoms with Gasteiger partial charge in [-0.2, -0.15) is 15.3 Å². The van der Waals surface area contributed by atoms with Gasteiger partial charge in [-0.05, 0) is 24.6 Å². The number of aromatic nitrogens is 4. The summed E-state index contributed by atoms with van der Waals surface area (Å²) in [7, 11) is 0. The average Bonchev–Trinajstić information content (AvgIpc) is 2.95. The molecule has 0 saturated heterocycles. The van der Waals surface area contributed by atoms with Gasteiger partial charge in [-0.1, -0.05) is 36.4 Å². The van der Waals surface area contributed by atoms with Gasteiger partial charge in [-0.25, -0.2) is 4.52 Å². The minimum atomic E-state index is 0.961. The van der Waals surface area contributed by atoms with E-state index in [9.17, 15) is 0 Å². The Morgan fingerprint density at radius 3 is 2.45 bits per heavy atom. The van der Waals surface area contributed by atoms with Crippen LogP contribution in [0.3, 0.4) is 0 Å². The van der Waals surface area contributed by atoms with Crippen LogP contribution in [0.2, 0.25) is 0 Å². The van der Waals surface area contributed by atoms with E-state index in [4.69, 9.17) is 5.10 Å². The van der Waals surface area contributed by atoms with Crippen LogP contribution in [-0.4, -0.2) is 19.8 Å². The molecule has 0 N–H and O–H groups in total. The second kappa shape index (κ2) is 5.07. The highest BCUT2D eigenvalue weighted by Gasteiger charge is 2.17. The van der Waals surface area contributed by atoms with Crippen LogP contribution in [0.5, 0.6) is 0 Å². The summed E-state index contributed by atoms with van der Waals surface area (Å²) in [6.45, 7) is 2.05. The van der Waals surface area contributed by atoms with E-state index in [1.807, 2.05) is 54.2 Å². The molecule has 4 nitrogen and oxygen atoms in total. The molecule has 4 heteroatoms. The van der Waals surface area contributed by atoms with E-state index in [1.165, 1.54) is 0 Å². The van der Waals surface area contributed by atoms with Crippen molar-refractivity contribution in [1.29, 1.82) is 0 Å². The molecular formula is C18H14N4. The molecule has 4 rings (SSSR count). The van der Waals surface area contributed by atoms with Crippen molar-refractivity contribution >= 4 is 5.52 Å². The van der Waals surface area contributed by atoms with Gasteiger partial charge in [0.15, 0.2) is 0 Å². The molecule has 3 heterocycles. The van der Waals surface area contributed by atoms with Crippen molar-refractivity contribution in [3.8, 4) is 22.4 Å². The fourth-order valence-corrected chi connectivity index (χ4v) is 2.71. The fraction of sp³-hybridized carbons (Fsp3) is 0.0556. The molecule has 22 heavy (non-hydrogen) atoms. The SMILES string of the molecule is Cc1cnncc1-c1c(-c2ccccc2)nn2ccccc12. The van der Waals surface area contributed by atoms with Crippen LogP contribution in [0, 0.1) is 6.92 Å². The van der Waals surface area contributed by atoms with E-state index in [2.05, 4.69) is 28.4 Å². The number of pyridine rings is 1. The second-order valence-corrected chi connectivity index (χ2v) is 5.21. The Kier molecular flexibility index (Phi) is 2.93. The van der Waals surface area contributed by atoms with Crippen molar-refractivity contribution in [3.63, 3.8) is 0 Å². The number of hydrogen-bond acceptors (Lipinski definition) is 3. The third kappa shape index (κ3) is 1.97. The molecule has 4 aromatic rings. The van der Waals surface area contributed by atoms with Gasteiger partial charge in [0.2, 0.25) is 0 Å². The molecule has 0 saturated carbocycles. The van der Waals surface area contributed by atoms with E-state index in [-0.39, 0.29) is 0 Å². The van der Waals surface area contributed by atoms with Crippen molar-refractivity contribution in [2.75, 3.05) is 0 Å². The molecule has 0 spiro atoms. The Morgan fingerprint density at radius 1 is 0.864 bits per heavy atom. The van der Waals surface area contributed by atoms with Gasteiger partial charge < -0.3 is 0 Å². The molecule has 0 atom stereocenters. The summed E-state index contributed by atoms with van der Waals surface area (Å²) < 4.78 is 1.91. The topological polar surface area (TPSA) is 43.1 Å². The van der Waals surface area contributed by atoms with Crippen molar-refractivity contribution < 1.29 is 0 Å². The lowest BCUT2D eigenvalue weighted by Gasteiger charge is -2.06. The number of fused-ring (bicyclic) bond motifs is 1. The molecule has 0 aliphatic carbocycles. The Hall–Kier alpha value is -3.01. The number of rotatable bonds is 2. The van der Waals surface area contributed by atoms with Gasteiger partial charge in [0, 0.05) is 22.9 Å². The Morgan fingerprint density at radius 2 is 1.64 bits per heavy atom. The van der Waals surface area contributed by atoms with Gasteiger partial charge in [0.05, 0.1) is 17.9 Å². The molecule has 0 aliphatic rings. The predicted octanol–water partition coefficient (Wildman–Crippen LogP) is 3.77. The number of aryl methyl sites for hydroxylation is 1. The largest absolute Gasteiger partial charge is 0.240 e. The molecule has 0 fully saturated rings. The zero-order valence-corrected chi connectivity index (χ0v) is 12.1. The number of nitrogens with zero attached hydrogens (tertiary/aromatic N) is 4. The number of hydrogen-bond donors (Lipinski definition) is 0. The summed E-state index contributed by atoms with van der Waals surface area (Å²) in [4.78, 5) is 0. The maximum Gasteiger partial charge on any atom is 0.101 e. The van der Waals surface area contributed by atoms with Gasteiger partial charge in [0.25, 0.3) is 0 Å². The third-order valence-electron chi connectivity index (χ3n) is 3.79. The highest BCUT2D eigenvalue weighted by molar-refractivity contribution is 5.92. The van der Waals surface area contributed by atoms with Crippen LogP contribution < -0.4 is 0 Å². The van der Waals surface area contributed by atoms with E-state index in [0.29, 0.717) is 0 Å². The normalized spacial score (nSPS) is 11.0. The fourth-order valence-electron chi connectivity index (χ4n) is 2.71. The quantitative estimate of drug-likeness (QED) is 0.563. The first-order chi connectivity index (χ1) is 10.8. The Labute approximate surface area is 128 Å². The molecule has 0 radical (unpaired) electrons. The van der Waals surface area contributed by atoms with Crippen LogP contribution in [0.1, 0.15) is 5.56 Å². The first-order valence-electron chi connectivity index (χ1n) is 7.15. The first-order valence-corrected chi connectivity index (χ1v) is 7.15. The van der Waals surface area contributed by atoms with Gasteiger partial charge in [-0.3, -0.25) is 0 Å². The summed E-state index contributed by atoms with van der Waals surface area (Å²) in [6, 6.07) is 16.3. The first kappa shape index (κ1) is 12.7. The van der Waals surface area contributed by atoms with Crippen molar-refractivity contribution in [1.82, 2.24) is 19.8 Å². The zero-order valence-electron chi connectivity index (χ0n) is 12.1. The summed E-state index contributed by atoms with van der Waals surface area (Å²) in [6.07, 6.45) is 5.57. The summed E-state index contributed by atoms with van der Waals surface area (Å²) >= 11 is 0.